The minimum Gasteiger partial charge on any atom is -0.408 e. The lowest BCUT2D eigenvalue weighted by molar-refractivity contribution is 0.630. The van der Waals surface area contributed by atoms with Crippen molar-refractivity contribution in [3.8, 4) is 5.75 Å². The molecule has 0 spiro atoms. The SMILES string of the molecule is NN(NSOc1ccccc1)c1ccccc1. The second-order valence-corrected chi connectivity index (χ2v) is 3.79. The van der Waals surface area contributed by atoms with E-state index in [1.807, 2.05) is 60.7 Å². The van der Waals surface area contributed by atoms with Gasteiger partial charge in [-0.3, -0.25) is 0 Å². The van der Waals surface area contributed by atoms with Crippen molar-refractivity contribution < 1.29 is 4.18 Å². The van der Waals surface area contributed by atoms with Crippen LogP contribution in [-0.2, 0) is 0 Å². The molecule has 0 atom stereocenters. The second-order valence-electron chi connectivity index (χ2n) is 3.28. The summed E-state index contributed by atoms with van der Waals surface area (Å²) in [4.78, 5) is 2.85. The van der Waals surface area contributed by atoms with Crippen LogP contribution in [0.25, 0.3) is 0 Å². The molecule has 0 radical (unpaired) electrons. The first-order valence-electron chi connectivity index (χ1n) is 5.10. The third-order valence-electron chi connectivity index (χ3n) is 2.05. The highest BCUT2D eigenvalue weighted by molar-refractivity contribution is 7.93. The average molecular weight is 247 g/mol. The molecule has 0 heterocycles. The highest BCUT2D eigenvalue weighted by Crippen LogP contribution is 2.14. The van der Waals surface area contributed by atoms with Crippen LogP contribution < -0.4 is 20.0 Å². The number of hydrogen-bond donors (Lipinski definition) is 2. The molecule has 88 valence electrons. The Morgan fingerprint density at radius 2 is 1.53 bits per heavy atom. The molecule has 0 unspecified atom stereocenters. The maximum Gasteiger partial charge on any atom is 0.165 e. The second kappa shape index (κ2) is 6.15. The number of nitrogens with zero attached hydrogens (tertiary/aromatic N) is 1. The molecule has 17 heavy (non-hydrogen) atoms. The Bertz CT molecular complexity index is 438. The maximum absolute atomic E-state index is 5.78. The summed E-state index contributed by atoms with van der Waals surface area (Å²) in [5.74, 6) is 6.55. The molecule has 0 aliphatic heterocycles. The summed E-state index contributed by atoms with van der Waals surface area (Å²) in [6.45, 7) is 0. The van der Waals surface area contributed by atoms with Crippen molar-refractivity contribution in [1.82, 2.24) is 4.83 Å². The Morgan fingerprint density at radius 1 is 0.941 bits per heavy atom. The van der Waals surface area contributed by atoms with Gasteiger partial charge >= 0.3 is 0 Å². The van der Waals surface area contributed by atoms with Gasteiger partial charge in [-0.05, 0) is 24.3 Å². The molecule has 0 fully saturated rings. The summed E-state index contributed by atoms with van der Waals surface area (Å²) in [6.07, 6.45) is 0. The van der Waals surface area contributed by atoms with Crippen LogP contribution in [-0.4, -0.2) is 0 Å². The molecule has 2 aromatic carbocycles. The molecule has 0 aromatic heterocycles. The number of para-hydroxylation sites is 2. The molecule has 2 aromatic rings. The molecule has 0 aliphatic rings. The maximum atomic E-state index is 5.78. The molecule has 2 rings (SSSR count). The van der Waals surface area contributed by atoms with Crippen molar-refractivity contribution in [2.24, 2.45) is 5.84 Å². The zero-order valence-electron chi connectivity index (χ0n) is 9.11. The van der Waals surface area contributed by atoms with Crippen molar-refractivity contribution in [2.45, 2.75) is 0 Å². The standard InChI is InChI=1S/C12H13N3OS/c13-15(11-7-3-1-4-8-11)14-17-16-12-9-5-2-6-10-12/h1-10,14H,13H2. The van der Waals surface area contributed by atoms with Gasteiger partial charge in [0.15, 0.2) is 12.2 Å². The minimum atomic E-state index is 0.770. The fourth-order valence-electron chi connectivity index (χ4n) is 1.22. The number of benzene rings is 2. The van der Waals surface area contributed by atoms with Crippen LogP contribution in [0.2, 0.25) is 0 Å². The largest absolute Gasteiger partial charge is 0.408 e. The molecule has 0 aliphatic carbocycles. The van der Waals surface area contributed by atoms with E-state index in [1.165, 1.54) is 5.12 Å². The fraction of sp³-hybridized carbons (Fsp3) is 0. The van der Waals surface area contributed by atoms with Crippen LogP contribution in [0.3, 0.4) is 0 Å². The number of rotatable bonds is 5. The summed E-state index contributed by atoms with van der Waals surface area (Å²) in [5.41, 5.74) is 0.858. The highest BCUT2D eigenvalue weighted by atomic mass is 32.2. The quantitative estimate of drug-likeness (QED) is 0.368. The summed E-state index contributed by atoms with van der Waals surface area (Å²) in [7, 11) is 0. The number of nitrogens with two attached hydrogens (primary N) is 1. The van der Waals surface area contributed by atoms with E-state index in [-0.39, 0.29) is 0 Å². The molecular formula is C12H13N3OS. The summed E-state index contributed by atoms with van der Waals surface area (Å²) in [6, 6.07) is 19.1. The Hall–Kier alpha value is -1.69. The number of anilines is 1. The lowest BCUT2D eigenvalue weighted by Crippen LogP contribution is -2.40. The van der Waals surface area contributed by atoms with E-state index in [4.69, 9.17) is 10.0 Å². The van der Waals surface area contributed by atoms with Gasteiger partial charge in [-0.1, -0.05) is 36.4 Å². The Labute approximate surface area is 105 Å². The van der Waals surface area contributed by atoms with E-state index in [9.17, 15) is 0 Å². The van der Waals surface area contributed by atoms with Gasteiger partial charge in [0.25, 0.3) is 0 Å². The van der Waals surface area contributed by atoms with Crippen LogP contribution in [0, 0.1) is 0 Å². The van der Waals surface area contributed by atoms with Crippen LogP contribution in [0.4, 0.5) is 5.69 Å². The zero-order valence-corrected chi connectivity index (χ0v) is 9.93. The Morgan fingerprint density at radius 3 is 2.18 bits per heavy atom. The lowest BCUT2D eigenvalue weighted by Gasteiger charge is -2.17. The van der Waals surface area contributed by atoms with Gasteiger partial charge in [0.2, 0.25) is 0 Å². The summed E-state index contributed by atoms with van der Waals surface area (Å²) >= 11 is 1.06. The van der Waals surface area contributed by atoms with Crippen LogP contribution in [0.15, 0.2) is 60.7 Å². The highest BCUT2D eigenvalue weighted by Gasteiger charge is 2.00. The van der Waals surface area contributed by atoms with Crippen LogP contribution in [0.1, 0.15) is 0 Å². The van der Waals surface area contributed by atoms with Gasteiger partial charge in [0.1, 0.15) is 5.75 Å². The van der Waals surface area contributed by atoms with Crippen molar-refractivity contribution in [2.75, 3.05) is 5.12 Å². The van der Waals surface area contributed by atoms with Gasteiger partial charge in [0, 0.05) is 0 Å². The topological polar surface area (TPSA) is 50.5 Å². The van der Waals surface area contributed by atoms with Gasteiger partial charge in [-0.2, -0.15) is 0 Å². The summed E-state index contributed by atoms with van der Waals surface area (Å²) < 4.78 is 5.38. The molecule has 0 saturated carbocycles. The smallest absolute Gasteiger partial charge is 0.165 e. The van der Waals surface area contributed by atoms with E-state index in [0.29, 0.717) is 0 Å². The molecule has 0 amide bonds. The van der Waals surface area contributed by atoms with Crippen LogP contribution >= 0.6 is 12.2 Å². The van der Waals surface area contributed by atoms with E-state index < -0.39 is 0 Å². The first kappa shape index (κ1) is 11.8. The van der Waals surface area contributed by atoms with E-state index >= 15 is 0 Å². The number of hydrogen-bond acceptors (Lipinski definition) is 5. The van der Waals surface area contributed by atoms with E-state index in [2.05, 4.69) is 4.83 Å². The van der Waals surface area contributed by atoms with Gasteiger partial charge < -0.3 is 4.18 Å². The monoisotopic (exact) mass is 247 g/mol. The average Bonchev–Trinajstić information content (AvgIpc) is 2.41. The third kappa shape index (κ3) is 3.67. The predicted octanol–water partition coefficient (Wildman–Crippen LogP) is 2.51. The van der Waals surface area contributed by atoms with E-state index in [0.717, 1.165) is 23.7 Å². The first-order chi connectivity index (χ1) is 8.36. The normalized spacial score (nSPS) is 9.94. The molecule has 3 N–H and O–H groups in total. The number of hydrazine groups is 2. The lowest BCUT2D eigenvalue weighted by atomic mass is 10.3. The predicted molar refractivity (Wildman–Crippen MR) is 70.9 cm³/mol. The van der Waals surface area contributed by atoms with Gasteiger partial charge in [-0.15, -0.1) is 4.83 Å². The van der Waals surface area contributed by atoms with Crippen LogP contribution in [0.5, 0.6) is 5.75 Å². The number of nitrogens with one attached hydrogen (secondary N) is 1. The Balaban J connectivity index is 1.79. The fourth-order valence-corrected chi connectivity index (χ4v) is 1.65. The molecule has 0 bridgehead atoms. The molecule has 0 saturated heterocycles. The van der Waals surface area contributed by atoms with Crippen molar-refractivity contribution >= 4 is 17.9 Å². The third-order valence-corrected chi connectivity index (χ3v) is 2.60. The molecule has 4 nitrogen and oxygen atoms in total. The molecular weight excluding hydrogens is 234 g/mol. The van der Waals surface area contributed by atoms with Crippen molar-refractivity contribution in [1.29, 1.82) is 0 Å². The van der Waals surface area contributed by atoms with E-state index in [1.54, 1.807) is 0 Å². The minimum absolute atomic E-state index is 0.770. The van der Waals surface area contributed by atoms with Crippen molar-refractivity contribution in [3.63, 3.8) is 0 Å². The molecule has 5 heteroatoms. The summed E-state index contributed by atoms with van der Waals surface area (Å²) in [5, 5.41) is 1.40. The Kier molecular flexibility index (Phi) is 4.26. The van der Waals surface area contributed by atoms with Crippen molar-refractivity contribution in [3.05, 3.63) is 60.7 Å². The van der Waals surface area contributed by atoms with Gasteiger partial charge in [0.05, 0.1) is 5.69 Å². The zero-order chi connectivity index (χ0) is 11.9. The first-order valence-corrected chi connectivity index (χ1v) is 5.84. The van der Waals surface area contributed by atoms with Gasteiger partial charge in [-0.25, -0.2) is 11.0 Å².